The Morgan fingerprint density at radius 2 is 1.71 bits per heavy atom. The lowest BCUT2D eigenvalue weighted by Gasteiger charge is -2.18. The molecule has 1 aromatic rings. The molecule has 1 aliphatic heterocycles. The van der Waals surface area contributed by atoms with Gasteiger partial charge in [-0.15, -0.1) is 0 Å². The lowest BCUT2D eigenvalue weighted by Crippen LogP contribution is -2.30. The molecule has 2 bridgehead atoms. The van der Waals surface area contributed by atoms with Crippen LogP contribution in [0.4, 0.5) is 0 Å². The van der Waals surface area contributed by atoms with Crippen LogP contribution in [0.3, 0.4) is 0 Å². The van der Waals surface area contributed by atoms with Crippen LogP contribution in [0.1, 0.15) is 18.4 Å². The minimum absolute atomic E-state index is 0.0649. The molecule has 122 valence electrons. The summed E-state index contributed by atoms with van der Waals surface area (Å²) in [5.74, 6) is -0.898. The molecule has 3 aliphatic carbocycles. The van der Waals surface area contributed by atoms with Crippen LogP contribution in [0.5, 0.6) is 11.5 Å². The summed E-state index contributed by atoms with van der Waals surface area (Å²) in [6.07, 6.45) is 7.72. The number of allylic oxidation sites excluding steroid dienone is 2. The molecule has 4 atom stereocenters. The molecular formula is C18H16N2O4. The number of aromatic hydroxyl groups is 2. The molecule has 2 N–H and O–H groups in total. The van der Waals surface area contributed by atoms with E-state index in [9.17, 15) is 19.8 Å². The molecule has 0 aromatic heterocycles. The summed E-state index contributed by atoms with van der Waals surface area (Å²) in [7, 11) is 0. The Morgan fingerprint density at radius 1 is 1.08 bits per heavy atom. The fourth-order valence-electron chi connectivity index (χ4n) is 4.94. The standard InChI is InChI=1S/C18H16N2O4/c21-10-2-1-9(13(22)7-10)8-19-20-16(23)14-11-3-4-12(15(14)17(20)24)18(11)5-6-18/h1-4,7-8,11-12,14-15,21-22H,5-6H2/b19-8-/t11-,12-,14+,15+/m1/s1. The van der Waals surface area contributed by atoms with Crippen LogP contribution in [0.25, 0.3) is 0 Å². The number of hydrogen-bond acceptors (Lipinski definition) is 5. The Labute approximate surface area is 138 Å². The van der Waals surface area contributed by atoms with Gasteiger partial charge in [0, 0.05) is 11.6 Å². The smallest absolute Gasteiger partial charge is 0.254 e. The minimum atomic E-state index is -0.277. The van der Waals surface area contributed by atoms with E-state index >= 15 is 0 Å². The van der Waals surface area contributed by atoms with Crippen LogP contribution >= 0.6 is 0 Å². The molecule has 1 aromatic carbocycles. The summed E-state index contributed by atoms with van der Waals surface area (Å²) in [5.41, 5.74) is 0.510. The van der Waals surface area contributed by atoms with E-state index in [4.69, 9.17) is 0 Å². The Balaban J connectivity index is 1.44. The first-order chi connectivity index (χ1) is 11.5. The van der Waals surface area contributed by atoms with Gasteiger partial charge < -0.3 is 10.2 Å². The van der Waals surface area contributed by atoms with Crippen LogP contribution in [0.2, 0.25) is 0 Å². The van der Waals surface area contributed by atoms with Crippen molar-refractivity contribution in [3.05, 3.63) is 35.9 Å². The first kappa shape index (κ1) is 13.8. The van der Waals surface area contributed by atoms with Gasteiger partial charge in [0.25, 0.3) is 11.8 Å². The highest BCUT2D eigenvalue weighted by Crippen LogP contribution is 2.73. The zero-order chi connectivity index (χ0) is 16.6. The highest BCUT2D eigenvalue weighted by Gasteiger charge is 2.73. The van der Waals surface area contributed by atoms with Gasteiger partial charge in [-0.3, -0.25) is 9.59 Å². The molecule has 5 rings (SSSR count). The van der Waals surface area contributed by atoms with E-state index in [2.05, 4.69) is 17.3 Å². The maximum absolute atomic E-state index is 12.7. The third-order valence-corrected chi connectivity index (χ3v) is 6.16. The number of hydrazone groups is 1. The van der Waals surface area contributed by atoms with Gasteiger partial charge in [-0.05, 0) is 42.2 Å². The predicted molar refractivity (Wildman–Crippen MR) is 84.0 cm³/mol. The molecule has 3 fully saturated rings. The molecule has 1 saturated heterocycles. The van der Waals surface area contributed by atoms with Gasteiger partial charge in [-0.25, -0.2) is 0 Å². The van der Waals surface area contributed by atoms with Crippen LogP contribution in [-0.2, 0) is 9.59 Å². The average molecular weight is 324 g/mol. The fraction of sp³-hybridized carbons (Fsp3) is 0.389. The van der Waals surface area contributed by atoms with Crippen LogP contribution in [-0.4, -0.2) is 33.3 Å². The normalized spacial score (nSPS) is 34.8. The van der Waals surface area contributed by atoms with Gasteiger partial charge in [-0.1, -0.05) is 12.2 Å². The lowest BCUT2D eigenvalue weighted by molar-refractivity contribution is -0.141. The molecule has 0 unspecified atom stereocenters. The number of phenolic OH excluding ortho intramolecular Hbond substituents is 2. The lowest BCUT2D eigenvalue weighted by atomic mass is 9.85. The third kappa shape index (κ3) is 1.53. The van der Waals surface area contributed by atoms with Crippen molar-refractivity contribution in [3.8, 4) is 11.5 Å². The van der Waals surface area contributed by atoms with E-state index in [1.807, 2.05) is 0 Å². The van der Waals surface area contributed by atoms with Crippen molar-refractivity contribution in [3.63, 3.8) is 0 Å². The fourth-order valence-corrected chi connectivity index (χ4v) is 4.94. The van der Waals surface area contributed by atoms with Gasteiger partial charge in [0.05, 0.1) is 18.1 Å². The van der Waals surface area contributed by atoms with Crippen LogP contribution in [0.15, 0.2) is 35.5 Å². The number of amides is 2. The Morgan fingerprint density at radius 3 is 2.25 bits per heavy atom. The summed E-state index contributed by atoms with van der Waals surface area (Å²) in [6, 6.07) is 4.07. The molecule has 2 amide bonds. The number of benzene rings is 1. The van der Waals surface area contributed by atoms with E-state index < -0.39 is 0 Å². The van der Waals surface area contributed by atoms with Crippen molar-refractivity contribution in [1.29, 1.82) is 0 Å². The van der Waals surface area contributed by atoms with E-state index in [-0.39, 0.29) is 52.4 Å². The minimum Gasteiger partial charge on any atom is -0.508 e. The molecule has 1 spiro atoms. The summed E-state index contributed by atoms with van der Waals surface area (Å²) in [4.78, 5) is 25.4. The number of carbonyl (C=O) groups is 2. The van der Waals surface area contributed by atoms with Crippen molar-refractivity contribution < 1.29 is 19.8 Å². The third-order valence-electron chi connectivity index (χ3n) is 6.16. The number of carbonyl (C=O) groups excluding carboxylic acids is 2. The van der Waals surface area contributed by atoms with Crippen LogP contribution in [0, 0.1) is 29.1 Å². The SMILES string of the molecule is O=C1[C@@H]2[C@@H](C(=O)N1/N=C\c1ccc(O)cc1O)[C@H]1C=C[C@H]2C12CC2. The zero-order valence-electron chi connectivity index (χ0n) is 12.8. The van der Waals surface area contributed by atoms with E-state index in [1.165, 1.54) is 24.4 Å². The van der Waals surface area contributed by atoms with Crippen molar-refractivity contribution in [1.82, 2.24) is 5.01 Å². The number of imide groups is 1. The molecule has 6 heteroatoms. The number of rotatable bonds is 2. The quantitative estimate of drug-likeness (QED) is 0.491. The predicted octanol–water partition coefficient (Wildman–Crippen LogP) is 1.63. The second-order valence-corrected chi connectivity index (χ2v) is 7.20. The largest absolute Gasteiger partial charge is 0.508 e. The van der Waals surface area contributed by atoms with Crippen LogP contribution < -0.4 is 0 Å². The topological polar surface area (TPSA) is 90.2 Å². The number of phenols is 2. The molecule has 2 saturated carbocycles. The van der Waals surface area contributed by atoms with Gasteiger partial charge in [-0.2, -0.15) is 10.1 Å². The summed E-state index contributed by atoms with van der Waals surface area (Å²) in [5, 5.41) is 24.1. The molecule has 6 nitrogen and oxygen atoms in total. The Kier molecular flexibility index (Phi) is 2.44. The maximum atomic E-state index is 12.7. The second kappa shape index (κ2) is 4.26. The van der Waals surface area contributed by atoms with Gasteiger partial charge in [0.1, 0.15) is 11.5 Å². The summed E-state index contributed by atoms with van der Waals surface area (Å²) < 4.78 is 0. The highest BCUT2D eigenvalue weighted by atomic mass is 16.3. The summed E-state index contributed by atoms with van der Waals surface area (Å²) >= 11 is 0. The van der Waals surface area contributed by atoms with E-state index in [0.29, 0.717) is 5.56 Å². The monoisotopic (exact) mass is 324 g/mol. The van der Waals surface area contributed by atoms with Crippen molar-refractivity contribution >= 4 is 18.0 Å². The van der Waals surface area contributed by atoms with Crippen molar-refractivity contribution in [2.45, 2.75) is 12.8 Å². The van der Waals surface area contributed by atoms with Gasteiger partial charge in [0.15, 0.2) is 0 Å². The highest BCUT2D eigenvalue weighted by molar-refractivity contribution is 6.07. The molecule has 24 heavy (non-hydrogen) atoms. The summed E-state index contributed by atoms with van der Waals surface area (Å²) in [6.45, 7) is 0. The van der Waals surface area contributed by atoms with Crippen molar-refractivity contribution in [2.75, 3.05) is 0 Å². The van der Waals surface area contributed by atoms with Gasteiger partial charge in [0.2, 0.25) is 0 Å². The first-order valence-corrected chi connectivity index (χ1v) is 8.15. The molecule has 1 heterocycles. The van der Waals surface area contributed by atoms with E-state index in [0.717, 1.165) is 17.9 Å². The Bertz CT molecular complexity index is 805. The Hall–Kier alpha value is -2.63. The first-order valence-electron chi connectivity index (χ1n) is 8.15. The molecule has 0 radical (unpaired) electrons. The molecule has 4 aliphatic rings. The average Bonchev–Trinajstić information content (AvgIpc) is 3.15. The zero-order valence-corrected chi connectivity index (χ0v) is 12.8. The number of nitrogens with zero attached hydrogens (tertiary/aromatic N) is 2. The van der Waals surface area contributed by atoms with Crippen molar-refractivity contribution in [2.24, 2.45) is 34.2 Å². The van der Waals surface area contributed by atoms with E-state index in [1.54, 1.807) is 0 Å². The second-order valence-electron chi connectivity index (χ2n) is 7.20. The van der Waals surface area contributed by atoms with Gasteiger partial charge >= 0.3 is 0 Å². The maximum Gasteiger partial charge on any atom is 0.254 e. The number of fused-ring (bicyclic) bond motifs is 3. The number of hydrogen-bond donors (Lipinski definition) is 2. The molecular weight excluding hydrogens is 308 g/mol.